The molecule has 0 saturated heterocycles. The fraction of sp³-hybridized carbons (Fsp3) is 0.0175. The van der Waals surface area contributed by atoms with E-state index >= 15 is 0 Å². The van der Waals surface area contributed by atoms with Gasteiger partial charge in [0.25, 0.3) is 0 Å². The third-order valence-corrected chi connectivity index (χ3v) is 13.1. The van der Waals surface area contributed by atoms with Crippen LogP contribution in [0.15, 0.2) is 206 Å². The molecule has 0 N–H and O–H groups in total. The molecule has 1 heterocycles. The van der Waals surface area contributed by atoms with E-state index in [0.29, 0.717) is 0 Å². The zero-order valence-corrected chi connectivity index (χ0v) is 32.0. The molecular weight excluding hydrogens is 713 g/mol. The van der Waals surface area contributed by atoms with Gasteiger partial charge in [-0.25, -0.2) is 9.97 Å². The predicted octanol–water partition coefficient (Wildman–Crippen LogP) is 14.4. The highest BCUT2D eigenvalue weighted by Gasteiger charge is 2.54. The van der Waals surface area contributed by atoms with Crippen molar-refractivity contribution in [3.05, 3.63) is 229 Å². The van der Waals surface area contributed by atoms with Crippen LogP contribution in [0.5, 0.6) is 0 Å². The maximum Gasteiger partial charge on any atom is 0.161 e. The second-order valence-corrected chi connectivity index (χ2v) is 15.9. The van der Waals surface area contributed by atoms with Crippen molar-refractivity contribution in [1.82, 2.24) is 9.97 Å². The second kappa shape index (κ2) is 12.2. The Balaban J connectivity index is 1.16. The summed E-state index contributed by atoms with van der Waals surface area (Å²) in [7, 11) is 0. The van der Waals surface area contributed by atoms with Crippen LogP contribution in [0.3, 0.4) is 0 Å². The standard InChI is InChI=1S/C57H34N2/c1-2-16-35(17-3-1)36-30-32-37(33-31-36)55-46-26-12-15-29-51(46)58-56(59-55)47-34-48-52-43-23-7-4-18-38(43)39-19-5-9-25-45(39)54(52)57(53(48)44-24-8-6-20-40(44)47)49-27-13-10-21-41(49)42-22-11-14-28-50(42)57/h1-34H. The van der Waals surface area contributed by atoms with E-state index < -0.39 is 5.41 Å². The summed E-state index contributed by atoms with van der Waals surface area (Å²) in [6.45, 7) is 0. The van der Waals surface area contributed by atoms with Crippen molar-refractivity contribution in [2.24, 2.45) is 0 Å². The van der Waals surface area contributed by atoms with E-state index in [0.717, 1.165) is 38.9 Å². The van der Waals surface area contributed by atoms with E-state index in [2.05, 4.69) is 206 Å². The topological polar surface area (TPSA) is 25.8 Å². The molecule has 1 aromatic heterocycles. The van der Waals surface area contributed by atoms with Crippen molar-refractivity contribution >= 4 is 43.2 Å². The smallest absolute Gasteiger partial charge is 0.161 e. The number of hydrogen-bond acceptors (Lipinski definition) is 2. The summed E-state index contributed by atoms with van der Waals surface area (Å²) in [5, 5.41) is 8.51. The van der Waals surface area contributed by atoms with E-state index in [1.165, 1.54) is 82.6 Å². The van der Waals surface area contributed by atoms with Crippen molar-refractivity contribution in [3.63, 3.8) is 0 Å². The molecule has 0 aliphatic heterocycles. The summed E-state index contributed by atoms with van der Waals surface area (Å²) in [6.07, 6.45) is 0. The van der Waals surface area contributed by atoms with Crippen LogP contribution in [-0.2, 0) is 5.41 Å². The Bertz CT molecular complexity index is 3500. The maximum atomic E-state index is 5.54. The van der Waals surface area contributed by atoms with Crippen LogP contribution >= 0.6 is 0 Å². The molecule has 0 amide bonds. The van der Waals surface area contributed by atoms with Gasteiger partial charge in [0, 0.05) is 16.5 Å². The van der Waals surface area contributed by atoms with Crippen LogP contribution in [-0.4, -0.2) is 9.97 Å². The highest BCUT2D eigenvalue weighted by atomic mass is 14.9. The molecule has 13 rings (SSSR count). The molecule has 0 bridgehead atoms. The molecule has 2 aliphatic rings. The fourth-order valence-electron chi connectivity index (χ4n) is 10.7. The minimum atomic E-state index is -0.546. The number of hydrogen-bond donors (Lipinski definition) is 0. The summed E-state index contributed by atoms with van der Waals surface area (Å²) in [6, 6.07) is 75.5. The number of benzene rings is 10. The Labute approximate surface area is 341 Å². The predicted molar refractivity (Wildman–Crippen MR) is 245 cm³/mol. The SMILES string of the molecule is c1ccc(-c2ccc(-c3nc(-c4cc5c(c6ccccc46)C4(c6ccccc6-c6ccccc64)c4c-5c5ccccc5c5ccccc45)nc4ccccc34)cc2)cc1. The van der Waals surface area contributed by atoms with Gasteiger partial charge in [-0.1, -0.05) is 194 Å². The first-order valence-corrected chi connectivity index (χ1v) is 20.4. The highest BCUT2D eigenvalue weighted by molar-refractivity contribution is 6.22. The second-order valence-electron chi connectivity index (χ2n) is 15.9. The normalized spacial score (nSPS) is 13.2. The van der Waals surface area contributed by atoms with Gasteiger partial charge in [0.05, 0.1) is 16.6 Å². The third-order valence-electron chi connectivity index (χ3n) is 13.1. The monoisotopic (exact) mass is 746 g/mol. The molecule has 0 unspecified atom stereocenters. The van der Waals surface area contributed by atoms with E-state index in [1.54, 1.807) is 0 Å². The number of para-hydroxylation sites is 1. The van der Waals surface area contributed by atoms with Gasteiger partial charge in [-0.2, -0.15) is 0 Å². The van der Waals surface area contributed by atoms with E-state index in [4.69, 9.17) is 9.97 Å². The number of fused-ring (bicyclic) bond motifs is 18. The van der Waals surface area contributed by atoms with Crippen molar-refractivity contribution in [3.8, 4) is 56.0 Å². The van der Waals surface area contributed by atoms with Crippen molar-refractivity contribution in [2.45, 2.75) is 5.41 Å². The van der Waals surface area contributed by atoms with E-state index in [-0.39, 0.29) is 0 Å². The lowest BCUT2D eigenvalue weighted by Gasteiger charge is -2.32. The minimum Gasteiger partial charge on any atom is -0.228 e. The lowest BCUT2D eigenvalue weighted by molar-refractivity contribution is 0.809. The largest absolute Gasteiger partial charge is 0.228 e. The fourth-order valence-corrected chi connectivity index (χ4v) is 10.7. The molecule has 59 heavy (non-hydrogen) atoms. The zero-order chi connectivity index (χ0) is 38.7. The summed E-state index contributed by atoms with van der Waals surface area (Å²) in [4.78, 5) is 10.9. The lowest BCUT2D eigenvalue weighted by atomic mass is 9.68. The number of aromatic nitrogens is 2. The molecule has 1 spiro atoms. The van der Waals surface area contributed by atoms with Crippen molar-refractivity contribution < 1.29 is 0 Å². The molecule has 2 nitrogen and oxygen atoms in total. The van der Waals surface area contributed by atoms with Crippen molar-refractivity contribution in [1.29, 1.82) is 0 Å². The van der Waals surface area contributed by atoms with Crippen LogP contribution in [0.2, 0.25) is 0 Å². The summed E-state index contributed by atoms with van der Waals surface area (Å²) >= 11 is 0. The van der Waals surface area contributed by atoms with Crippen LogP contribution in [0.4, 0.5) is 0 Å². The minimum absolute atomic E-state index is 0.546. The average molecular weight is 747 g/mol. The van der Waals surface area contributed by atoms with E-state index in [9.17, 15) is 0 Å². The van der Waals surface area contributed by atoms with Gasteiger partial charge >= 0.3 is 0 Å². The highest BCUT2D eigenvalue weighted by Crippen LogP contribution is 2.67. The molecule has 0 fully saturated rings. The Morgan fingerprint density at radius 2 is 0.797 bits per heavy atom. The number of rotatable bonds is 3. The molecule has 0 atom stereocenters. The first-order chi connectivity index (χ1) is 29.3. The molecule has 272 valence electrons. The first-order valence-electron chi connectivity index (χ1n) is 20.4. The van der Waals surface area contributed by atoms with Crippen LogP contribution in [0.25, 0.3) is 99.2 Å². The van der Waals surface area contributed by atoms with E-state index in [1.807, 2.05) is 0 Å². The third kappa shape index (κ3) is 4.35. The number of nitrogens with zero attached hydrogens (tertiary/aromatic N) is 2. The Hall–Kier alpha value is -7.68. The Morgan fingerprint density at radius 1 is 0.305 bits per heavy atom. The quantitative estimate of drug-likeness (QED) is 0.168. The first kappa shape index (κ1) is 32.4. The molecule has 0 radical (unpaired) electrons. The van der Waals surface area contributed by atoms with Gasteiger partial charge in [0.2, 0.25) is 0 Å². The molecular formula is C57H34N2. The van der Waals surface area contributed by atoms with Crippen molar-refractivity contribution in [2.75, 3.05) is 0 Å². The molecule has 2 heteroatoms. The molecule has 11 aromatic rings. The summed E-state index contributed by atoms with van der Waals surface area (Å²) in [5.74, 6) is 0.727. The van der Waals surface area contributed by atoms with Crippen LogP contribution < -0.4 is 0 Å². The molecule has 10 aromatic carbocycles. The Kier molecular flexibility index (Phi) is 6.68. The summed E-state index contributed by atoms with van der Waals surface area (Å²) < 4.78 is 0. The average Bonchev–Trinajstić information content (AvgIpc) is 3.79. The Morgan fingerprint density at radius 3 is 1.49 bits per heavy atom. The van der Waals surface area contributed by atoms with Gasteiger partial charge in [0.15, 0.2) is 5.82 Å². The van der Waals surface area contributed by atoms with Crippen LogP contribution in [0, 0.1) is 0 Å². The molecule has 2 aliphatic carbocycles. The van der Waals surface area contributed by atoms with Gasteiger partial charge in [0.1, 0.15) is 0 Å². The van der Waals surface area contributed by atoms with Gasteiger partial charge in [-0.3, -0.25) is 0 Å². The van der Waals surface area contributed by atoms with Gasteiger partial charge < -0.3 is 0 Å². The maximum absolute atomic E-state index is 5.54. The summed E-state index contributed by atoms with van der Waals surface area (Å²) in [5.41, 5.74) is 16.3. The van der Waals surface area contributed by atoms with Gasteiger partial charge in [-0.15, -0.1) is 0 Å². The van der Waals surface area contributed by atoms with Gasteiger partial charge in [-0.05, 0) is 100 Å². The zero-order valence-electron chi connectivity index (χ0n) is 32.0. The van der Waals surface area contributed by atoms with Crippen LogP contribution in [0.1, 0.15) is 22.3 Å². The molecule has 0 saturated carbocycles. The lowest BCUT2D eigenvalue weighted by Crippen LogP contribution is -2.26.